The van der Waals surface area contributed by atoms with Gasteiger partial charge in [-0.05, 0) is 24.3 Å². The van der Waals surface area contributed by atoms with E-state index in [-0.39, 0.29) is 0 Å². The van der Waals surface area contributed by atoms with Gasteiger partial charge in [-0.1, -0.05) is 47.5 Å². The number of hydrogen-bond donors (Lipinski definition) is 1. The van der Waals surface area contributed by atoms with Crippen molar-refractivity contribution in [3.63, 3.8) is 0 Å². The molecule has 1 N–H and O–H groups in total. The van der Waals surface area contributed by atoms with Crippen molar-refractivity contribution in [2.24, 2.45) is 0 Å². The highest BCUT2D eigenvalue weighted by atomic mass is 35.5. The molecule has 0 aliphatic rings. The van der Waals surface area contributed by atoms with Gasteiger partial charge in [0, 0.05) is 27.4 Å². The van der Waals surface area contributed by atoms with Crippen molar-refractivity contribution in [1.29, 1.82) is 0 Å². The first-order valence-corrected chi connectivity index (χ1v) is 8.81. The van der Waals surface area contributed by atoms with Gasteiger partial charge in [-0.3, -0.25) is 4.21 Å². The van der Waals surface area contributed by atoms with Gasteiger partial charge >= 0.3 is 0 Å². The number of nitrogens with zero attached hydrogens (tertiary/aromatic N) is 1. The lowest BCUT2D eigenvalue weighted by Crippen LogP contribution is -1.89. The largest absolute Gasteiger partial charge is 0.330 e. The number of aromatic nitrogens is 2. The number of benzene rings is 2. The lowest BCUT2D eigenvalue weighted by Gasteiger charge is -2.03. The van der Waals surface area contributed by atoms with E-state index in [2.05, 4.69) is 9.97 Å². The highest BCUT2D eigenvalue weighted by molar-refractivity contribution is 7.84. The Bertz CT molecular complexity index is 763. The van der Waals surface area contributed by atoms with Gasteiger partial charge in [0.15, 0.2) is 5.16 Å². The third-order valence-electron chi connectivity index (χ3n) is 3.20. The summed E-state index contributed by atoms with van der Waals surface area (Å²) in [5.74, 6) is 0. The summed E-state index contributed by atoms with van der Waals surface area (Å²) in [5.41, 5.74) is 3.38. The summed E-state index contributed by atoms with van der Waals surface area (Å²) in [6, 6.07) is 14.8. The molecular weight excluding hydrogens is 339 g/mol. The zero-order valence-electron chi connectivity index (χ0n) is 11.6. The van der Waals surface area contributed by atoms with Crippen LogP contribution in [0, 0.1) is 0 Å². The third-order valence-corrected chi connectivity index (χ3v) is 4.45. The van der Waals surface area contributed by atoms with Crippen LogP contribution in [-0.2, 0) is 10.8 Å². The maximum absolute atomic E-state index is 11.8. The standard InChI is InChI=1S/C16H12Cl2N2OS/c1-22(21)16-19-14(10-2-6-12(17)7-3-10)15(20-16)11-4-8-13(18)9-5-11/h2-9H,1H3,(H,19,20)/t22-/m1/s1. The summed E-state index contributed by atoms with van der Waals surface area (Å²) in [5, 5.41) is 1.76. The minimum absolute atomic E-state index is 0.440. The molecule has 2 aromatic carbocycles. The van der Waals surface area contributed by atoms with Crippen molar-refractivity contribution in [1.82, 2.24) is 9.97 Å². The summed E-state index contributed by atoms with van der Waals surface area (Å²) < 4.78 is 11.8. The number of aromatic amines is 1. The Kier molecular flexibility index (Phi) is 4.34. The number of halogens is 2. The predicted molar refractivity (Wildman–Crippen MR) is 91.8 cm³/mol. The normalized spacial score (nSPS) is 12.3. The smallest absolute Gasteiger partial charge is 0.197 e. The fourth-order valence-corrected chi connectivity index (χ4v) is 2.85. The van der Waals surface area contributed by atoms with Gasteiger partial charge in [0.05, 0.1) is 22.2 Å². The molecule has 0 fully saturated rings. The molecule has 0 unspecified atom stereocenters. The molecule has 112 valence electrons. The Morgan fingerprint density at radius 1 is 0.909 bits per heavy atom. The van der Waals surface area contributed by atoms with Crippen molar-refractivity contribution in [3.8, 4) is 22.5 Å². The lowest BCUT2D eigenvalue weighted by atomic mass is 10.1. The molecule has 0 saturated heterocycles. The molecular formula is C16H12Cl2N2OS. The number of imidazole rings is 1. The molecule has 0 aliphatic carbocycles. The van der Waals surface area contributed by atoms with Crippen LogP contribution >= 0.6 is 23.2 Å². The van der Waals surface area contributed by atoms with Crippen LogP contribution in [0.4, 0.5) is 0 Å². The van der Waals surface area contributed by atoms with Crippen LogP contribution in [0.25, 0.3) is 22.5 Å². The van der Waals surface area contributed by atoms with Gasteiger partial charge in [-0.15, -0.1) is 0 Å². The Morgan fingerprint density at radius 3 is 1.91 bits per heavy atom. The molecule has 0 bridgehead atoms. The van der Waals surface area contributed by atoms with E-state index in [1.165, 1.54) is 0 Å². The van der Waals surface area contributed by atoms with E-state index in [0.717, 1.165) is 22.5 Å². The van der Waals surface area contributed by atoms with E-state index in [1.54, 1.807) is 18.4 Å². The highest BCUT2D eigenvalue weighted by Gasteiger charge is 2.15. The van der Waals surface area contributed by atoms with E-state index < -0.39 is 10.8 Å². The first-order chi connectivity index (χ1) is 10.5. The van der Waals surface area contributed by atoms with Crippen LogP contribution in [0.3, 0.4) is 0 Å². The average Bonchev–Trinajstić information content (AvgIpc) is 2.94. The van der Waals surface area contributed by atoms with Gasteiger partial charge < -0.3 is 4.98 Å². The van der Waals surface area contributed by atoms with Crippen LogP contribution < -0.4 is 0 Å². The molecule has 0 aliphatic heterocycles. The van der Waals surface area contributed by atoms with Gasteiger partial charge in [0.1, 0.15) is 0 Å². The second kappa shape index (κ2) is 6.24. The van der Waals surface area contributed by atoms with Crippen molar-refractivity contribution >= 4 is 34.0 Å². The molecule has 0 spiro atoms. The molecule has 3 rings (SSSR count). The number of nitrogens with one attached hydrogen (secondary N) is 1. The first-order valence-electron chi connectivity index (χ1n) is 6.50. The van der Waals surface area contributed by atoms with Crippen molar-refractivity contribution in [2.45, 2.75) is 5.16 Å². The molecule has 1 aromatic heterocycles. The van der Waals surface area contributed by atoms with Crippen LogP contribution in [0.15, 0.2) is 53.7 Å². The van der Waals surface area contributed by atoms with E-state index in [9.17, 15) is 4.21 Å². The van der Waals surface area contributed by atoms with Crippen LogP contribution in [0.5, 0.6) is 0 Å². The molecule has 6 heteroatoms. The topological polar surface area (TPSA) is 45.8 Å². The SMILES string of the molecule is C[S@@](=O)c1nc(-c2ccc(Cl)cc2)c(-c2ccc(Cl)cc2)[nH]1. The number of rotatable bonds is 3. The zero-order chi connectivity index (χ0) is 15.7. The molecule has 0 radical (unpaired) electrons. The summed E-state index contributed by atoms with van der Waals surface area (Å²) in [6.07, 6.45) is 1.59. The van der Waals surface area contributed by atoms with Gasteiger partial charge in [0.2, 0.25) is 0 Å². The van der Waals surface area contributed by atoms with Crippen LogP contribution in [-0.4, -0.2) is 20.4 Å². The molecule has 3 nitrogen and oxygen atoms in total. The van der Waals surface area contributed by atoms with Crippen molar-refractivity contribution < 1.29 is 4.21 Å². The summed E-state index contributed by atoms with van der Waals surface area (Å²) in [6.45, 7) is 0. The Labute approximate surface area is 140 Å². The average molecular weight is 351 g/mol. The minimum Gasteiger partial charge on any atom is -0.330 e. The van der Waals surface area contributed by atoms with Crippen LogP contribution in [0.1, 0.15) is 0 Å². The summed E-state index contributed by atoms with van der Waals surface area (Å²) in [4.78, 5) is 7.62. The van der Waals surface area contributed by atoms with Gasteiger partial charge in [-0.25, -0.2) is 4.98 Å². The zero-order valence-corrected chi connectivity index (χ0v) is 14.0. The Balaban J connectivity index is 2.17. The van der Waals surface area contributed by atoms with E-state index in [4.69, 9.17) is 23.2 Å². The molecule has 0 amide bonds. The van der Waals surface area contributed by atoms with Crippen molar-refractivity contribution in [2.75, 3.05) is 6.26 Å². The summed E-state index contributed by atoms with van der Waals surface area (Å²) >= 11 is 11.9. The molecule has 1 heterocycles. The second-order valence-corrected chi connectivity index (χ2v) is 6.90. The number of hydrogen-bond acceptors (Lipinski definition) is 2. The predicted octanol–water partition coefficient (Wildman–Crippen LogP) is 4.79. The monoisotopic (exact) mass is 350 g/mol. The van der Waals surface area contributed by atoms with Gasteiger partial charge in [-0.2, -0.15) is 0 Å². The van der Waals surface area contributed by atoms with E-state index in [0.29, 0.717) is 15.2 Å². The Morgan fingerprint density at radius 2 is 1.41 bits per heavy atom. The molecule has 0 saturated carbocycles. The fourth-order valence-electron chi connectivity index (χ4n) is 2.13. The van der Waals surface area contributed by atoms with Crippen molar-refractivity contribution in [3.05, 3.63) is 58.6 Å². The van der Waals surface area contributed by atoms with E-state index >= 15 is 0 Å². The van der Waals surface area contributed by atoms with E-state index in [1.807, 2.05) is 36.4 Å². The highest BCUT2D eigenvalue weighted by Crippen LogP contribution is 2.32. The lowest BCUT2D eigenvalue weighted by molar-refractivity contribution is 0.681. The maximum atomic E-state index is 11.8. The minimum atomic E-state index is -1.19. The Hall–Kier alpha value is -1.62. The third kappa shape index (κ3) is 3.09. The molecule has 22 heavy (non-hydrogen) atoms. The fraction of sp³-hybridized carbons (Fsp3) is 0.0625. The van der Waals surface area contributed by atoms with Gasteiger partial charge in [0.25, 0.3) is 0 Å². The first kappa shape index (κ1) is 15.3. The quantitative estimate of drug-likeness (QED) is 0.738. The molecule has 3 aromatic rings. The second-order valence-electron chi connectivity index (χ2n) is 4.73. The molecule has 1 atom stereocenters. The summed E-state index contributed by atoms with van der Waals surface area (Å²) in [7, 11) is -1.19. The number of H-pyrrole nitrogens is 1. The van der Waals surface area contributed by atoms with Crippen LogP contribution in [0.2, 0.25) is 10.0 Å². The maximum Gasteiger partial charge on any atom is 0.197 e.